The number of fused-ring (bicyclic) bond motifs is 6. The van der Waals surface area contributed by atoms with Gasteiger partial charge in [-0.25, -0.2) is 0 Å². The summed E-state index contributed by atoms with van der Waals surface area (Å²) in [4.78, 5) is 0. The number of rotatable bonds is 0. The SMILES string of the molecule is C[C](C)=[Zr+2].[C-]1=CC=C2C1=CCc1ccc3ccccc3c12.[Cl-].[Cl-].c1ccc2[cH-]ccc2c1. The molecule has 0 amide bonds. The minimum absolute atomic E-state index is 0. The second-order valence-corrected chi connectivity index (χ2v) is 10.1. The largest absolute Gasteiger partial charge is 1.00 e. The fourth-order valence-corrected chi connectivity index (χ4v) is 3.86. The van der Waals surface area contributed by atoms with Crippen molar-refractivity contribution in [2.24, 2.45) is 0 Å². The van der Waals surface area contributed by atoms with Gasteiger partial charge in [-0.3, -0.25) is 0 Å². The van der Waals surface area contributed by atoms with E-state index in [9.17, 15) is 0 Å². The standard InChI is InChI=1S/C17H11.C9H7.C3H6.2ClH.Zr/c1-2-6-15-12(4-1)8-10-14-11-9-13-5-3-7-16(13)17(14)15;1-2-5-9-7-3-6-8(9)4-1;1-3-2;;;/h1-4,6-10H,11H2;1-7H;1-2H3;2*1H;/q2*-1;;;;+2/p-2. The summed E-state index contributed by atoms with van der Waals surface area (Å²) in [6.07, 6.45) is 10.8. The monoisotopic (exact) mass is 532 g/mol. The maximum Gasteiger partial charge on any atom is -0.0186 e. The van der Waals surface area contributed by atoms with Gasteiger partial charge in [0.1, 0.15) is 0 Å². The molecule has 0 spiro atoms. The predicted molar refractivity (Wildman–Crippen MR) is 127 cm³/mol. The molecule has 0 nitrogen and oxygen atoms in total. The maximum atomic E-state index is 3.31. The first-order valence-corrected chi connectivity index (χ1v) is 11.5. The molecule has 0 saturated carbocycles. The second kappa shape index (κ2) is 12.4. The minimum atomic E-state index is 0. The Morgan fingerprint density at radius 2 is 1.56 bits per heavy atom. The van der Waals surface area contributed by atoms with E-state index in [1.807, 2.05) is 6.08 Å². The van der Waals surface area contributed by atoms with Crippen LogP contribution in [0.15, 0.2) is 103 Å². The van der Waals surface area contributed by atoms with Crippen LogP contribution in [0.1, 0.15) is 25.0 Å². The summed E-state index contributed by atoms with van der Waals surface area (Å²) >= 11 is 1.55. The zero-order valence-corrected chi connectivity index (χ0v) is 22.2. The van der Waals surface area contributed by atoms with Crippen molar-refractivity contribution >= 4 is 30.3 Å². The Bertz CT molecular complexity index is 1270. The normalized spacial score (nSPS) is 12.5. The Morgan fingerprint density at radius 1 is 0.875 bits per heavy atom. The van der Waals surface area contributed by atoms with E-state index in [0.717, 1.165) is 6.42 Å². The molecule has 0 bridgehead atoms. The van der Waals surface area contributed by atoms with Crippen LogP contribution in [0.5, 0.6) is 0 Å². The van der Waals surface area contributed by atoms with Crippen LogP contribution in [-0.4, -0.2) is 3.21 Å². The molecule has 4 aromatic carbocycles. The molecule has 4 aromatic rings. The van der Waals surface area contributed by atoms with Crippen LogP contribution in [0.2, 0.25) is 0 Å². The van der Waals surface area contributed by atoms with Crippen LogP contribution < -0.4 is 24.8 Å². The molecule has 2 aliphatic carbocycles. The average molecular weight is 535 g/mol. The molecule has 0 aliphatic heterocycles. The summed E-state index contributed by atoms with van der Waals surface area (Å²) in [6, 6.07) is 27.8. The van der Waals surface area contributed by atoms with Crippen LogP contribution in [0.4, 0.5) is 0 Å². The summed E-state index contributed by atoms with van der Waals surface area (Å²) in [5.74, 6) is 0. The summed E-state index contributed by atoms with van der Waals surface area (Å²) in [7, 11) is 0. The van der Waals surface area contributed by atoms with E-state index in [1.165, 1.54) is 47.0 Å². The first-order valence-electron chi connectivity index (χ1n) is 10.3. The smallest absolute Gasteiger partial charge is 0.0186 e. The van der Waals surface area contributed by atoms with Crippen molar-refractivity contribution in [2.75, 3.05) is 0 Å². The van der Waals surface area contributed by atoms with E-state index < -0.39 is 0 Å². The van der Waals surface area contributed by atoms with E-state index in [1.54, 1.807) is 24.2 Å². The Balaban J connectivity index is 0.000000206. The van der Waals surface area contributed by atoms with Gasteiger partial charge in [-0.1, -0.05) is 53.6 Å². The first kappa shape index (κ1) is 26.3. The molecule has 0 saturated heterocycles. The molecule has 0 radical (unpaired) electrons. The summed E-state index contributed by atoms with van der Waals surface area (Å²) in [5.41, 5.74) is 5.43. The number of hydrogen-bond donors (Lipinski definition) is 0. The molecule has 0 atom stereocenters. The molecule has 0 aromatic heterocycles. The Morgan fingerprint density at radius 3 is 2.31 bits per heavy atom. The van der Waals surface area contributed by atoms with Gasteiger partial charge in [-0.2, -0.15) is 41.3 Å². The van der Waals surface area contributed by atoms with Crippen LogP contribution in [-0.2, 0) is 30.7 Å². The van der Waals surface area contributed by atoms with E-state index >= 15 is 0 Å². The van der Waals surface area contributed by atoms with Gasteiger partial charge in [0.2, 0.25) is 0 Å². The van der Waals surface area contributed by atoms with Crippen molar-refractivity contribution in [3.8, 4) is 0 Å². The third kappa shape index (κ3) is 6.11. The first-order chi connectivity index (χ1) is 14.6. The van der Waals surface area contributed by atoms with Gasteiger partial charge in [0.25, 0.3) is 0 Å². The Kier molecular flexibility index (Phi) is 10.2. The van der Waals surface area contributed by atoms with E-state index in [2.05, 4.69) is 111 Å². The van der Waals surface area contributed by atoms with Crippen LogP contribution in [0.3, 0.4) is 0 Å². The van der Waals surface area contributed by atoms with Gasteiger partial charge >= 0.3 is 41.3 Å². The van der Waals surface area contributed by atoms with E-state index in [-0.39, 0.29) is 24.8 Å². The Labute approximate surface area is 218 Å². The average Bonchev–Trinajstić information content (AvgIpc) is 3.42. The van der Waals surface area contributed by atoms with Crippen molar-refractivity contribution in [1.29, 1.82) is 0 Å². The molecule has 0 N–H and O–H groups in total. The second-order valence-electron chi connectivity index (χ2n) is 7.69. The van der Waals surface area contributed by atoms with Crippen LogP contribution >= 0.6 is 0 Å². The molecule has 2 aliphatic rings. The summed E-state index contributed by atoms with van der Waals surface area (Å²) < 4.78 is 1.51. The quantitative estimate of drug-likeness (QED) is 0.299. The van der Waals surface area contributed by atoms with E-state index in [0.29, 0.717) is 0 Å². The molecule has 160 valence electrons. The van der Waals surface area contributed by atoms with Crippen molar-refractivity contribution in [2.45, 2.75) is 20.3 Å². The molecule has 0 heterocycles. The molecular weight excluding hydrogens is 510 g/mol. The van der Waals surface area contributed by atoms with Gasteiger partial charge in [0.05, 0.1) is 0 Å². The molecule has 6 rings (SSSR count). The van der Waals surface area contributed by atoms with Gasteiger partial charge in [-0.05, 0) is 17.2 Å². The van der Waals surface area contributed by atoms with Crippen molar-refractivity contribution < 1.29 is 49.0 Å². The minimum Gasteiger partial charge on any atom is -1.00 e. The van der Waals surface area contributed by atoms with Gasteiger partial charge in [0.15, 0.2) is 0 Å². The topological polar surface area (TPSA) is 0 Å². The van der Waals surface area contributed by atoms with Gasteiger partial charge < -0.3 is 24.8 Å². The van der Waals surface area contributed by atoms with Crippen LogP contribution in [0, 0.1) is 6.08 Å². The maximum absolute atomic E-state index is 3.31. The number of allylic oxidation sites excluding steroid dienone is 6. The Hall–Kier alpha value is -1.92. The summed E-state index contributed by atoms with van der Waals surface area (Å²) in [5, 5.41) is 5.34. The van der Waals surface area contributed by atoms with Crippen LogP contribution in [0.25, 0.3) is 27.1 Å². The molecule has 3 heteroatoms. The van der Waals surface area contributed by atoms with Crippen molar-refractivity contribution in [1.82, 2.24) is 0 Å². The number of benzene rings is 3. The van der Waals surface area contributed by atoms with Gasteiger partial charge in [0, 0.05) is 0 Å². The number of hydrogen-bond acceptors (Lipinski definition) is 0. The molecular formula is C29H24Cl2Zr-2. The molecule has 32 heavy (non-hydrogen) atoms. The fourth-order valence-electron chi connectivity index (χ4n) is 3.86. The van der Waals surface area contributed by atoms with Crippen molar-refractivity contribution in [3.05, 3.63) is 120 Å². The van der Waals surface area contributed by atoms with E-state index in [4.69, 9.17) is 0 Å². The predicted octanol–water partition coefficient (Wildman–Crippen LogP) is 1.39. The van der Waals surface area contributed by atoms with Crippen molar-refractivity contribution in [3.63, 3.8) is 0 Å². The van der Waals surface area contributed by atoms with Gasteiger partial charge in [-0.15, -0.1) is 41.3 Å². The third-order valence-electron chi connectivity index (χ3n) is 5.14. The third-order valence-corrected chi connectivity index (χ3v) is 5.14. The fraction of sp³-hybridized carbons (Fsp3) is 0.103. The number of halogens is 2. The molecule has 0 fully saturated rings. The zero-order valence-electron chi connectivity index (χ0n) is 18.2. The summed E-state index contributed by atoms with van der Waals surface area (Å²) in [6.45, 7) is 4.25. The zero-order chi connectivity index (χ0) is 20.9. The molecule has 0 unspecified atom stereocenters.